The smallest absolute Gasteiger partial charge is 0.262 e. The van der Waals surface area contributed by atoms with Gasteiger partial charge in [-0.1, -0.05) is 53.0 Å². The summed E-state index contributed by atoms with van der Waals surface area (Å²) in [5, 5.41) is 3.49. The first-order chi connectivity index (χ1) is 11.9. The minimum Gasteiger partial charge on any atom is -0.493 e. The Balaban J connectivity index is 2.05. The largest absolute Gasteiger partial charge is 0.493 e. The Hall–Kier alpha value is -1.88. The van der Waals surface area contributed by atoms with Gasteiger partial charge in [-0.2, -0.15) is 0 Å². The van der Waals surface area contributed by atoms with Gasteiger partial charge in [0, 0.05) is 5.02 Å². The average molecular weight is 401 g/mol. The lowest BCUT2D eigenvalue weighted by molar-refractivity contribution is -0.118. The van der Waals surface area contributed by atoms with Crippen molar-refractivity contribution in [1.29, 1.82) is 0 Å². The van der Waals surface area contributed by atoms with E-state index in [0.717, 1.165) is 5.56 Å². The molecular weight excluding hydrogens is 385 g/mol. The second-order valence-corrected chi connectivity index (χ2v) is 6.24. The van der Waals surface area contributed by atoms with E-state index < -0.39 is 5.91 Å². The van der Waals surface area contributed by atoms with Crippen LogP contribution in [0.2, 0.25) is 15.1 Å². The lowest BCUT2D eigenvalue weighted by Gasteiger charge is -2.13. The molecule has 7 heteroatoms. The number of amides is 1. The number of carbonyl (C=O) groups excluding carboxylic acids is 1. The number of halogens is 3. The van der Waals surface area contributed by atoms with E-state index in [2.05, 4.69) is 5.32 Å². The van der Waals surface area contributed by atoms with Crippen LogP contribution < -0.4 is 14.8 Å². The van der Waals surface area contributed by atoms with E-state index in [4.69, 9.17) is 44.3 Å². The number of benzene rings is 2. The van der Waals surface area contributed by atoms with Gasteiger partial charge in [-0.05, 0) is 36.8 Å². The molecule has 4 nitrogen and oxygen atoms in total. The summed E-state index contributed by atoms with van der Waals surface area (Å²) in [5.74, 6) is 0.580. The third-order valence-electron chi connectivity index (χ3n) is 3.18. The van der Waals surface area contributed by atoms with Gasteiger partial charge in [0.2, 0.25) is 0 Å². The first-order valence-corrected chi connectivity index (χ1v) is 8.46. The quantitative estimate of drug-likeness (QED) is 0.676. The van der Waals surface area contributed by atoms with Crippen LogP contribution >= 0.6 is 34.8 Å². The van der Waals surface area contributed by atoms with E-state index in [9.17, 15) is 4.79 Å². The molecule has 132 valence electrons. The molecule has 0 spiro atoms. The third-order valence-corrected chi connectivity index (χ3v) is 3.99. The van der Waals surface area contributed by atoms with E-state index in [1.54, 1.807) is 6.07 Å². The van der Waals surface area contributed by atoms with Crippen molar-refractivity contribution >= 4 is 52.5 Å². The highest BCUT2D eigenvalue weighted by atomic mass is 35.5. The summed E-state index contributed by atoms with van der Waals surface area (Å²) in [7, 11) is 1.54. The number of carbonyl (C=O) groups is 1. The molecule has 0 aliphatic rings. The van der Waals surface area contributed by atoms with Crippen LogP contribution in [0.1, 0.15) is 12.5 Å². The van der Waals surface area contributed by atoms with Gasteiger partial charge in [0.25, 0.3) is 5.91 Å². The van der Waals surface area contributed by atoms with Crippen molar-refractivity contribution in [3.05, 3.63) is 57.0 Å². The van der Waals surface area contributed by atoms with Crippen LogP contribution in [0, 0.1) is 0 Å². The van der Waals surface area contributed by atoms with Crippen LogP contribution in [0.15, 0.2) is 36.4 Å². The highest BCUT2D eigenvalue weighted by Gasteiger charge is 2.13. The predicted octanol–water partition coefficient (Wildman–Crippen LogP) is 5.71. The Labute approximate surface area is 161 Å². The number of rotatable bonds is 6. The zero-order chi connectivity index (χ0) is 18.4. The molecule has 0 bridgehead atoms. The molecular formula is C18H16Cl3NO3. The molecule has 0 aliphatic carbocycles. The minimum atomic E-state index is -0.411. The van der Waals surface area contributed by atoms with Crippen molar-refractivity contribution in [2.75, 3.05) is 19.0 Å². The minimum absolute atomic E-state index is 0.228. The van der Waals surface area contributed by atoms with E-state index in [1.165, 1.54) is 19.2 Å². The summed E-state index contributed by atoms with van der Waals surface area (Å²) in [5.41, 5.74) is 1.26. The lowest BCUT2D eigenvalue weighted by Crippen LogP contribution is -2.20. The fourth-order valence-electron chi connectivity index (χ4n) is 2.08. The Kier molecular flexibility index (Phi) is 7.00. The van der Waals surface area contributed by atoms with E-state index in [1.807, 2.05) is 31.2 Å². The molecule has 0 atom stereocenters. The average Bonchev–Trinajstić information content (AvgIpc) is 2.57. The van der Waals surface area contributed by atoms with Crippen molar-refractivity contribution in [3.63, 3.8) is 0 Å². The van der Waals surface area contributed by atoms with E-state index in [-0.39, 0.29) is 22.3 Å². The number of methoxy groups -OCH3 is 1. The molecule has 1 amide bonds. The molecule has 0 fully saturated rings. The van der Waals surface area contributed by atoms with Crippen LogP contribution in [-0.4, -0.2) is 19.6 Å². The van der Waals surface area contributed by atoms with Crippen LogP contribution in [0.5, 0.6) is 11.5 Å². The molecule has 0 heterocycles. The summed E-state index contributed by atoms with van der Waals surface area (Å²) >= 11 is 17.9. The molecule has 0 radical (unpaired) electrons. The third kappa shape index (κ3) is 5.30. The van der Waals surface area contributed by atoms with Gasteiger partial charge in [0.1, 0.15) is 0 Å². The van der Waals surface area contributed by atoms with Crippen LogP contribution in [-0.2, 0) is 4.79 Å². The highest BCUT2D eigenvalue weighted by Crippen LogP contribution is 2.34. The Morgan fingerprint density at radius 2 is 1.80 bits per heavy atom. The van der Waals surface area contributed by atoms with Crippen LogP contribution in [0.3, 0.4) is 0 Å². The fraction of sp³-hybridized carbons (Fsp3) is 0.167. The molecule has 2 aromatic carbocycles. The van der Waals surface area contributed by atoms with Crippen LogP contribution in [0.25, 0.3) is 6.08 Å². The predicted molar refractivity (Wildman–Crippen MR) is 103 cm³/mol. The number of anilines is 1. The maximum atomic E-state index is 12.1. The van der Waals surface area contributed by atoms with Gasteiger partial charge >= 0.3 is 0 Å². The SMILES string of the molecule is C/C=C/c1ccc(OCC(=O)Nc2c(Cl)cc(Cl)cc2Cl)c(OC)c1. The Morgan fingerprint density at radius 1 is 1.12 bits per heavy atom. The second kappa shape index (κ2) is 8.99. The van der Waals surface area contributed by atoms with Crippen LogP contribution in [0.4, 0.5) is 5.69 Å². The zero-order valence-corrected chi connectivity index (χ0v) is 15.9. The summed E-state index contributed by atoms with van der Waals surface area (Å²) in [4.78, 5) is 12.1. The molecule has 0 saturated heterocycles. The summed E-state index contributed by atoms with van der Waals surface area (Å²) < 4.78 is 10.8. The van der Waals surface area contributed by atoms with Crippen molar-refractivity contribution in [2.45, 2.75) is 6.92 Å². The number of allylic oxidation sites excluding steroid dienone is 1. The van der Waals surface area contributed by atoms with Gasteiger partial charge in [-0.25, -0.2) is 0 Å². The van der Waals surface area contributed by atoms with E-state index >= 15 is 0 Å². The second-order valence-electron chi connectivity index (χ2n) is 4.99. The lowest BCUT2D eigenvalue weighted by atomic mass is 10.2. The van der Waals surface area contributed by atoms with Gasteiger partial charge < -0.3 is 14.8 Å². The molecule has 0 saturated carbocycles. The van der Waals surface area contributed by atoms with Crippen molar-refractivity contribution in [2.24, 2.45) is 0 Å². The van der Waals surface area contributed by atoms with Gasteiger partial charge in [0.15, 0.2) is 18.1 Å². The van der Waals surface area contributed by atoms with Crippen molar-refractivity contribution in [1.82, 2.24) is 0 Å². The standard InChI is InChI=1S/C18H16Cl3NO3/c1-3-4-11-5-6-15(16(7-11)24-2)25-10-17(23)22-18-13(20)8-12(19)9-14(18)21/h3-9H,10H2,1-2H3,(H,22,23)/b4-3+. The summed E-state index contributed by atoms with van der Waals surface area (Å²) in [6, 6.07) is 8.41. The first kappa shape index (κ1) is 19.4. The normalized spacial score (nSPS) is 10.8. The van der Waals surface area contributed by atoms with Gasteiger partial charge in [-0.15, -0.1) is 0 Å². The molecule has 0 aliphatic heterocycles. The maximum absolute atomic E-state index is 12.1. The van der Waals surface area contributed by atoms with Gasteiger partial charge in [-0.3, -0.25) is 4.79 Å². The molecule has 0 unspecified atom stereocenters. The molecule has 2 rings (SSSR count). The summed E-state index contributed by atoms with van der Waals surface area (Å²) in [6.45, 7) is 1.70. The number of hydrogen-bond acceptors (Lipinski definition) is 3. The van der Waals surface area contributed by atoms with Gasteiger partial charge in [0.05, 0.1) is 22.8 Å². The molecule has 0 aromatic heterocycles. The molecule has 2 aromatic rings. The number of nitrogens with one attached hydrogen (secondary N) is 1. The fourth-order valence-corrected chi connectivity index (χ4v) is 2.99. The molecule has 25 heavy (non-hydrogen) atoms. The summed E-state index contributed by atoms with van der Waals surface area (Å²) in [6.07, 6.45) is 3.85. The van der Waals surface area contributed by atoms with Crippen molar-refractivity contribution in [3.8, 4) is 11.5 Å². The monoisotopic (exact) mass is 399 g/mol. The topological polar surface area (TPSA) is 47.6 Å². The number of ether oxygens (including phenoxy) is 2. The first-order valence-electron chi connectivity index (χ1n) is 7.32. The number of hydrogen-bond donors (Lipinski definition) is 1. The maximum Gasteiger partial charge on any atom is 0.262 e. The molecule has 1 N–H and O–H groups in total. The van der Waals surface area contributed by atoms with E-state index in [0.29, 0.717) is 16.5 Å². The van der Waals surface area contributed by atoms with Crippen molar-refractivity contribution < 1.29 is 14.3 Å². The Bertz CT molecular complexity index is 783. The zero-order valence-electron chi connectivity index (χ0n) is 13.6. The Morgan fingerprint density at radius 3 is 2.40 bits per heavy atom. The highest BCUT2D eigenvalue weighted by molar-refractivity contribution is 6.42.